The zero-order valence-corrected chi connectivity index (χ0v) is 14.3. The fraction of sp³-hybridized carbons (Fsp3) is 0.333. The van der Waals surface area contributed by atoms with Gasteiger partial charge in [-0.05, 0) is 60.9 Å². The van der Waals surface area contributed by atoms with E-state index in [0.717, 1.165) is 24.1 Å². The molecule has 0 fully saturated rings. The van der Waals surface area contributed by atoms with Crippen molar-refractivity contribution in [1.82, 2.24) is 5.32 Å². The third kappa shape index (κ3) is 3.66. The van der Waals surface area contributed by atoms with E-state index in [1.165, 1.54) is 22.5 Å². The minimum atomic E-state index is -1.20. The molecular formula is C18H20N2O3S. The van der Waals surface area contributed by atoms with Gasteiger partial charge in [-0.2, -0.15) is 0 Å². The van der Waals surface area contributed by atoms with Crippen LogP contribution in [0.4, 0.5) is 5.69 Å². The van der Waals surface area contributed by atoms with Gasteiger partial charge in [-0.25, -0.2) is 0 Å². The van der Waals surface area contributed by atoms with Crippen LogP contribution < -0.4 is 10.6 Å². The van der Waals surface area contributed by atoms with E-state index in [-0.39, 0.29) is 6.54 Å². The molecule has 1 aromatic heterocycles. The Hall–Kier alpha value is -2.18. The van der Waals surface area contributed by atoms with Crippen molar-refractivity contribution < 1.29 is 14.7 Å². The van der Waals surface area contributed by atoms with Gasteiger partial charge in [-0.1, -0.05) is 12.1 Å². The highest BCUT2D eigenvalue weighted by Crippen LogP contribution is 2.25. The van der Waals surface area contributed by atoms with Gasteiger partial charge in [-0.15, -0.1) is 11.3 Å². The molecule has 0 saturated carbocycles. The molecule has 1 aliphatic rings. The largest absolute Gasteiger partial charge is 0.383 e. The quantitative estimate of drug-likeness (QED) is 0.744. The molecule has 1 unspecified atom stereocenters. The molecule has 126 valence electrons. The van der Waals surface area contributed by atoms with Crippen molar-refractivity contribution in [1.29, 1.82) is 0 Å². The van der Waals surface area contributed by atoms with E-state index in [9.17, 15) is 14.7 Å². The zero-order valence-electron chi connectivity index (χ0n) is 13.5. The second-order valence-corrected chi connectivity index (χ2v) is 7.17. The number of aryl methyl sites for hydroxylation is 2. The molecule has 1 atom stereocenters. The lowest BCUT2D eigenvalue weighted by Gasteiger charge is -2.22. The van der Waals surface area contributed by atoms with Gasteiger partial charge in [0, 0.05) is 10.6 Å². The Morgan fingerprint density at radius 1 is 1.21 bits per heavy atom. The summed E-state index contributed by atoms with van der Waals surface area (Å²) in [6.45, 7) is 1.58. The van der Waals surface area contributed by atoms with Gasteiger partial charge in [0.2, 0.25) is 0 Å². The number of aliphatic hydroxyl groups is 1. The van der Waals surface area contributed by atoms with Crippen LogP contribution in [0.3, 0.4) is 0 Å². The maximum Gasteiger partial charge on any atom is 0.313 e. The van der Waals surface area contributed by atoms with Gasteiger partial charge in [0.25, 0.3) is 0 Å². The second kappa shape index (κ2) is 6.75. The zero-order chi connectivity index (χ0) is 17.2. The summed E-state index contributed by atoms with van der Waals surface area (Å²) in [5.74, 6) is -1.48. The van der Waals surface area contributed by atoms with Gasteiger partial charge in [0.1, 0.15) is 5.60 Å². The third-order valence-corrected chi connectivity index (χ3v) is 5.33. The Morgan fingerprint density at radius 2 is 2.00 bits per heavy atom. The summed E-state index contributed by atoms with van der Waals surface area (Å²) < 4.78 is 0. The highest BCUT2D eigenvalue weighted by molar-refractivity contribution is 7.10. The van der Waals surface area contributed by atoms with Crippen LogP contribution in [0.5, 0.6) is 0 Å². The SMILES string of the molecule is CC(O)(CNC(=O)C(=O)Nc1ccc2c(c1)CCC2)c1cccs1. The number of carbonyl (C=O) groups is 2. The lowest BCUT2D eigenvalue weighted by molar-refractivity contribution is -0.136. The molecule has 0 spiro atoms. The summed E-state index contributed by atoms with van der Waals surface area (Å²) in [5, 5.41) is 17.3. The average Bonchev–Trinajstić information content (AvgIpc) is 3.23. The Bertz CT molecular complexity index is 754. The first kappa shape index (κ1) is 16.7. The van der Waals surface area contributed by atoms with Gasteiger partial charge in [-0.3, -0.25) is 9.59 Å². The van der Waals surface area contributed by atoms with Crippen LogP contribution in [-0.4, -0.2) is 23.5 Å². The van der Waals surface area contributed by atoms with Crippen LogP contribution in [0.15, 0.2) is 35.7 Å². The van der Waals surface area contributed by atoms with E-state index in [1.54, 1.807) is 13.0 Å². The fourth-order valence-electron chi connectivity index (χ4n) is 2.84. The molecule has 6 heteroatoms. The van der Waals surface area contributed by atoms with Gasteiger partial charge in [0.05, 0.1) is 6.54 Å². The summed E-state index contributed by atoms with van der Waals surface area (Å²) in [7, 11) is 0. The number of benzene rings is 1. The van der Waals surface area contributed by atoms with Crippen LogP contribution in [-0.2, 0) is 28.0 Å². The Kier molecular flexibility index (Phi) is 4.69. The van der Waals surface area contributed by atoms with E-state index < -0.39 is 17.4 Å². The van der Waals surface area contributed by atoms with Gasteiger partial charge < -0.3 is 15.7 Å². The smallest absolute Gasteiger partial charge is 0.313 e. The molecule has 1 heterocycles. The third-order valence-electron chi connectivity index (χ3n) is 4.21. The molecule has 3 N–H and O–H groups in total. The summed E-state index contributed by atoms with van der Waals surface area (Å²) in [5.41, 5.74) is 1.97. The van der Waals surface area contributed by atoms with Crippen molar-refractivity contribution in [2.45, 2.75) is 31.8 Å². The number of anilines is 1. The lowest BCUT2D eigenvalue weighted by atomic mass is 10.1. The highest BCUT2D eigenvalue weighted by Gasteiger charge is 2.26. The minimum absolute atomic E-state index is 0.0239. The topological polar surface area (TPSA) is 78.4 Å². The number of hydrogen-bond acceptors (Lipinski definition) is 4. The molecular weight excluding hydrogens is 324 g/mol. The molecule has 0 aliphatic heterocycles. The Balaban J connectivity index is 1.56. The number of carbonyl (C=O) groups excluding carboxylic acids is 2. The fourth-order valence-corrected chi connectivity index (χ4v) is 3.63. The minimum Gasteiger partial charge on any atom is -0.383 e. The number of fused-ring (bicyclic) bond motifs is 1. The Morgan fingerprint density at radius 3 is 2.75 bits per heavy atom. The molecule has 1 aliphatic carbocycles. The lowest BCUT2D eigenvalue weighted by Crippen LogP contribution is -2.42. The molecule has 0 saturated heterocycles. The van der Waals surface area contributed by atoms with Crippen LogP contribution in [0.25, 0.3) is 0 Å². The van der Waals surface area contributed by atoms with Crippen LogP contribution in [0, 0.1) is 0 Å². The maximum absolute atomic E-state index is 12.0. The van der Waals surface area contributed by atoms with E-state index in [2.05, 4.69) is 10.6 Å². The molecule has 3 rings (SSSR count). The maximum atomic E-state index is 12.0. The van der Waals surface area contributed by atoms with Crippen LogP contribution in [0.2, 0.25) is 0 Å². The molecule has 5 nitrogen and oxygen atoms in total. The summed E-state index contributed by atoms with van der Waals surface area (Å²) in [6, 6.07) is 9.36. The number of hydrogen-bond donors (Lipinski definition) is 3. The predicted molar refractivity (Wildman–Crippen MR) is 94.0 cm³/mol. The Labute approximate surface area is 144 Å². The summed E-state index contributed by atoms with van der Waals surface area (Å²) in [4.78, 5) is 24.7. The van der Waals surface area contributed by atoms with Crippen LogP contribution >= 0.6 is 11.3 Å². The summed E-state index contributed by atoms with van der Waals surface area (Å²) in [6.07, 6.45) is 3.21. The molecule has 1 aromatic carbocycles. The molecule has 2 amide bonds. The van der Waals surface area contributed by atoms with Gasteiger partial charge in [0.15, 0.2) is 0 Å². The number of amides is 2. The highest BCUT2D eigenvalue weighted by atomic mass is 32.1. The van der Waals surface area contributed by atoms with Crippen molar-refractivity contribution in [3.8, 4) is 0 Å². The first-order chi connectivity index (χ1) is 11.5. The average molecular weight is 344 g/mol. The monoisotopic (exact) mass is 344 g/mol. The van der Waals surface area contributed by atoms with Crippen molar-refractivity contribution in [3.05, 3.63) is 51.7 Å². The number of rotatable bonds is 4. The van der Waals surface area contributed by atoms with E-state index in [1.807, 2.05) is 29.6 Å². The normalized spacial score (nSPS) is 15.4. The number of thiophene rings is 1. The standard InChI is InChI=1S/C18H20N2O3S/c1-18(23,15-6-3-9-24-15)11-19-16(21)17(22)20-14-8-7-12-4-2-5-13(12)10-14/h3,6-10,23H,2,4-5,11H2,1H3,(H,19,21)(H,20,22). The van der Waals surface area contributed by atoms with Crippen molar-refractivity contribution in [3.63, 3.8) is 0 Å². The molecule has 0 radical (unpaired) electrons. The van der Waals surface area contributed by atoms with Crippen LogP contribution in [0.1, 0.15) is 29.3 Å². The first-order valence-electron chi connectivity index (χ1n) is 7.93. The van der Waals surface area contributed by atoms with E-state index in [4.69, 9.17) is 0 Å². The van der Waals surface area contributed by atoms with Gasteiger partial charge >= 0.3 is 11.8 Å². The van der Waals surface area contributed by atoms with E-state index in [0.29, 0.717) is 5.69 Å². The predicted octanol–water partition coefficient (Wildman–Crippen LogP) is 2.20. The second-order valence-electron chi connectivity index (χ2n) is 6.23. The van der Waals surface area contributed by atoms with E-state index >= 15 is 0 Å². The van der Waals surface area contributed by atoms with Crippen molar-refractivity contribution >= 4 is 28.8 Å². The molecule has 24 heavy (non-hydrogen) atoms. The molecule has 0 bridgehead atoms. The molecule has 2 aromatic rings. The van der Waals surface area contributed by atoms with Crippen molar-refractivity contribution in [2.24, 2.45) is 0 Å². The van der Waals surface area contributed by atoms with Crippen molar-refractivity contribution in [2.75, 3.05) is 11.9 Å². The summed E-state index contributed by atoms with van der Waals surface area (Å²) >= 11 is 1.40. The first-order valence-corrected chi connectivity index (χ1v) is 8.81. The number of nitrogens with one attached hydrogen (secondary N) is 2.